The van der Waals surface area contributed by atoms with Gasteiger partial charge in [-0.3, -0.25) is 10.1 Å². The third kappa shape index (κ3) is 4.03. The molecule has 2 N–H and O–H groups in total. The van der Waals surface area contributed by atoms with Gasteiger partial charge in [-0.25, -0.2) is 0 Å². The van der Waals surface area contributed by atoms with Crippen molar-refractivity contribution < 1.29 is 4.92 Å². The molecule has 0 saturated heterocycles. The Kier molecular flexibility index (Phi) is 4.53. The van der Waals surface area contributed by atoms with Crippen LogP contribution in [0.15, 0.2) is 24.3 Å². The van der Waals surface area contributed by atoms with Crippen LogP contribution in [0, 0.1) is 10.1 Å². The highest BCUT2D eigenvalue weighted by molar-refractivity contribution is 5.33. The lowest BCUT2D eigenvalue weighted by Crippen LogP contribution is -2.39. The van der Waals surface area contributed by atoms with Crippen LogP contribution >= 0.6 is 0 Å². The molecule has 0 amide bonds. The summed E-state index contributed by atoms with van der Waals surface area (Å²) in [7, 11) is 0. The first-order valence-corrected chi connectivity index (χ1v) is 7.11. The van der Waals surface area contributed by atoms with Crippen LogP contribution in [0.4, 0.5) is 5.69 Å². The van der Waals surface area contributed by atoms with Gasteiger partial charge in [0.15, 0.2) is 0 Å². The van der Waals surface area contributed by atoms with Gasteiger partial charge in [0.05, 0.1) is 4.92 Å². The number of nitro groups is 1. The van der Waals surface area contributed by atoms with E-state index in [2.05, 4.69) is 0 Å². The van der Waals surface area contributed by atoms with Crippen molar-refractivity contribution in [1.29, 1.82) is 0 Å². The summed E-state index contributed by atoms with van der Waals surface area (Å²) in [5.41, 5.74) is 7.74. The molecule has 4 heteroatoms. The fraction of sp³-hybridized carbons (Fsp3) is 0.600. The third-order valence-electron chi connectivity index (χ3n) is 4.16. The first-order chi connectivity index (χ1) is 9.09. The zero-order chi connectivity index (χ0) is 13.7. The summed E-state index contributed by atoms with van der Waals surface area (Å²) >= 11 is 0. The van der Waals surface area contributed by atoms with Gasteiger partial charge in [-0.2, -0.15) is 0 Å². The molecule has 0 bridgehead atoms. The molecule has 1 aromatic carbocycles. The van der Waals surface area contributed by atoms with Crippen molar-refractivity contribution in [3.05, 3.63) is 39.9 Å². The van der Waals surface area contributed by atoms with Gasteiger partial charge in [0, 0.05) is 17.7 Å². The molecule has 4 nitrogen and oxygen atoms in total. The Morgan fingerprint density at radius 1 is 1.11 bits per heavy atom. The number of nitro benzene ring substituents is 1. The maximum Gasteiger partial charge on any atom is 0.269 e. The fourth-order valence-electron chi connectivity index (χ4n) is 2.86. The van der Waals surface area contributed by atoms with Crippen LogP contribution in [-0.2, 0) is 6.42 Å². The topological polar surface area (TPSA) is 69.2 Å². The van der Waals surface area contributed by atoms with Gasteiger partial charge in [-0.15, -0.1) is 0 Å². The Bertz CT molecular complexity index is 420. The largest absolute Gasteiger partial charge is 0.325 e. The van der Waals surface area contributed by atoms with Crippen molar-refractivity contribution in [2.45, 2.75) is 56.9 Å². The van der Waals surface area contributed by atoms with Gasteiger partial charge in [-0.1, -0.05) is 37.8 Å². The number of non-ortho nitro benzene ring substituents is 1. The van der Waals surface area contributed by atoms with Crippen LogP contribution in [0.25, 0.3) is 0 Å². The second-order valence-electron chi connectivity index (χ2n) is 5.70. The molecule has 0 spiro atoms. The van der Waals surface area contributed by atoms with Crippen molar-refractivity contribution in [3.63, 3.8) is 0 Å². The molecule has 0 atom stereocenters. The number of hydrogen-bond acceptors (Lipinski definition) is 3. The average molecular weight is 262 g/mol. The average Bonchev–Trinajstić information content (AvgIpc) is 2.62. The number of nitrogens with two attached hydrogens (primary N) is 1. The molecule has 1 aliphatic carbocycles. The minimum absolute atomic E-state index is 0.0295. The summed E-state index contributed by atoms with van der Waals surface area (Å²) in [5, 5.41) is 10.6. The fourth-order valence-corrected chi connectivity index (χ4v) is 2.86. The zero-order valence-corrected chi connectivity index (χ0v) is 11.3. The summed E-state index contributed by atoms with van der Waals surface area (Å²) in [6, 6.07) is 6.84. The van der Waals surface area contributed by atoms with Crippen molar-refractivity contribution >= 4 is 5.69 Å². The van der Waals surface area contributed by atoms with Gasteiger partial charge >= 0.3 is 0 Å². The molecule has 1 aromatic rings. The molecule has 104 valence electrons. The van der Waals surface area contributed by atoms with Gasteiger partial charge in [0.2, 0.25) is 0 Å². The summed E-state index contributed by atoms with van der Waals surface area (Å²) in [6.45, 7) is 0. The highest BCUT2D eigenvalue weighted by atomic mass is 16.6. The van der Waals surface area contributed by atoms with Crippen LogP contribution in [-0.4, -0.2) is 10.5 Å². The molecule has 0 aromatic heterocycles. The predicted molar refractivity (Wildman–Crippen MR) is 76.0 cm³/mol. The Morgan fingerprint density at radius 3 is 2.21 bits per heavy atom. The molecule has 1 saturated carbocycles. The van der Waals surface area contributed by atoms with E-state index in [9.17, 15) is 10.1 Å². The van der Waals surface area contributed by atoms with E-state index in [0.717, 1.165) is 31.2 Å². The van der Waals surface area contributed by atoms with Gasteiger partial charge in [0.25, 0.3) is 5.69 Å². The maximum atomic E-state index is 10.6. The Morgan fingerprint density at radius 2 is 1.68 bits per heavy atom. The van der Waals surface area contributed by atoms with Crippen LogP contribution < -0.4 is 5.73 Å². The lowest BCUT2D eigenvalue weighted by molar-refractivity contribution is -0.384. The summed E-state index contributed by atoms with van der Waals surface area (Å²) in [4.78, 5) is 10.2. The Hall–Kier alpha value is -1.42. The van der Waals surface area contributed by atoms with Crippen LogP contribution in [0.1, 0.15) is 50.5 Å². The highest BCUT2D eigenvalue weighted by Gasteiger charge is 2.25. The van der Waals surface area contributed by atoms with Gasteiger partial charge in [-0.05, 0) is 31.2 Å². The van der Waals surface area contributed by atoms with E-state index in [4.69, 9.17) is 5.73 Å². The second kappa shape index (κ2) is 6.15. The zero-order valence-electron chi connectivity index (χ0n) is 11.3. The van der Waals surface area contributed by atoms with Crippen LogP contribution in [0.5, 0.6) is 0 Å². The molecule has 0 heterocycles. The molecule has 1 aliphatic rings. The lowest BCUT2D eigenvalue weighted by atomic mass is 9.85. The SMILES string of the molecule is NC1(CCc2ccc([N+](=O)[O-])cc2)CCCCCC1. The molecular formula is C15H22N2O2. The minimum atomic E-state index is -0.362. The van der Waals surface area contributed by atoms with Crippen molar-refractivity contribution in [2.75, 3.05) is 0 Å². The predicted octanol–water partition coefficient (Wildman–Crippen LogP) is 3.58. The molecule has 0 aliphatic heterocycles. The summed E-state index contributed by atoms with van der Waals surface area (Å²) in [5.74, 6) is 0. The minimum Gasteiger partial charge on any atom is -0.325 e. The van der Waals surface area contributed by atoms with E-state index in [0.29, 0.717) is 0 Å². The van der Waals surface area contributed by atoms with Crippen LogP contribution in [0.3, 0.4) is 0 Å². The number of benzene rings is 1. The second-order valence-corrected chi connectivity index (χ2v) is 5.70. The standard InChI is InChI=1S/C15H22N2O2/c16-15(10-3-1-2-4-11-15)12-9-13-5-7-14(8-6-13)17(18)19/h5-8H,1-4,9-12,16H2. The van der Waals surface area contributed by atoms with Crippen molar-refractivity contribution in [3.8, 4) is 0 Å². The smallest absolute Gasteiger partial charge is 0.269 e. The number of hydrogen-bond donors (Lipinski definition) is 1. The lowest BCUT2D eigenvalue weighted by Gasteiger charge is -2.28. The van der Waals surface area contributed by atoms with E-state index < -0.39 is 0 Å². The van der Waals surface area contributed by atoms with E-state index in [1.165, 1.54) is 25.7 Å². The molecule has 2 rings (SSSR count). The first-order valence-electron chi connectivity index (χ1n) is 7.11. The number of rotatable bonds is 4. The molecule has 1 fully saturated rings. The Balaban J connectivity index is 1.92. The van der Waals surface area contributed by atoms with E-state index >= 15 is 0 Å². The van der Waals surface area contributed by atoms with Gasteiger partial charge in [0.1, 0.15) is 0 Å². The van der Waals surface area contributed by atoms with Gasteiger partial charge < -0.3 is 5.73 Å². The number of aryl methyl sites for hydroxylation is 1. The molecule has 19 heavy (non-hydrogen) atoms. The normalized spacial score (nSPS) is 18.8. The van der Waals surface area contributed by atoms with Crippen LogP contribution in [0.2, 0.25) is 0 Å². The van der Waals surface area contributed by atoms with E-state index in [1.807, 2.05) is 12.1 Å². The monoisotopic (exact) mass is 262 g/mol. The van der Waals surface area contributed by atoms with Crippen molar-refractivity contribution in [2.24, 2.45) is 5.73 Å². The third-order valence-corrected chi connectivity index (χ3v) is 4.16. The highest BCUT2D eigenvalue weighted by Crippen LogP contribution is 2.29. The molecular weight excluding hydrogens is 240 g/mol. The Labute approximate surface area is 114 Å². The summed E-state index contributed by atoms with van der Waals surface area (Å²) in [6.07, 6.45) is 9.18. The quantitative estimate of drug-likeness (QED) is 0.512. The van der Waals surface area contributed by atoms with E-state index in [1.54, 1.807) is 12.1 Å². The maximum absolute atomic E-state index is 10.6. The summed E-state index contributed by atoms with van der Waals surface area (Å²) < 4.78 is 0. The number of nitrogens with zero attached hydrogens (tertiary/aromatic N) is 1. The molecule has 0 radical (unpaired) electrons. The first kappa shape index (κ1) is 14.0. The van der Waals surface area contributed by atoms with E-state index in [-0.39, 0.29) is 16.1 Å². The molecule has 0 unspecified atom stereocenters. The van der Waals surface area contributed by atoms with Crippen molar-refractivity contribution in [1.82, 2.24) is 0 Å².